The van der Waals surface area contributed by atoms with Crippen LogP contribution in [0.4, 0.5) is 0 Å². The Morgan fingerprint density at radius 3 is 1.28 bits per heavy atom. The van der Waals surface area contributed by atoms with Crippen LogP contribution in [0.25, 0.3) is 0 Å². The van der Waals surface area contributed by atoms with Crippen LogP contribution in [0, 0.1) is 0 Å². The van der Waals surface area contributed by atoms with Gasteiger partial charge in [0, 0.05) is 12.8 Å². The highest BCUT2D eigenvalue weighted by Crippen LogP contribution is 2.43. The topological polar surface area (TPSA) is 169 Å². The van der Waals surface area contributed by atoms with Gasteiger partial charge in [-0.15, -0.1) is 0 Å². The number of unbranched alkanes of at least 4 members (excludes halogenated alkanes) is 20. The summed E-state index contributed by atoms with van der Waals surface area (Å²) in [6, 6.07) is -1.56. The zero-order chi connectivity index (χ0) is 47.0. The van der Waals surface area contributed by atoms with Crippen LogP contribution in [-0.2, 0) is 32.7 Å². The molecule has 0 saturated carbocycles. The molecule has 11 nitrogen and oxygen atoms in total. The Labute approximate surface area is 389 Å². The summed E-state index contributed by atoms with van der Waals surface area (Å²) in [5.41, 5.74) is 0. The molecule has 0 aromatic rings. The van der Waals surface area contributed by atoms with Crippen LogP contribution < -0.4 is 5.32 Å². The number of allylic oxidation sites excluding steroid dienone is 12. The molecule has 4 N–H and O–H groups in total. The zero-order valence-corrected chi connectivity index (χ0v) is 41.0. The first-order chi connectivity index (χ1) is 31.1. The van der Waals surface area contributed by atoms with Crippen molar-refractivity contribution in [3.63, 3.8) is 0 Å². The number of hydrogen-bond donors (Lipinski definition) is 4. The third-order valence-corrected chi connectivity index (χ3v) is 11.4. The molecule has 3 unspecified atom stereocenters. The van der Waals surface area contributed by atoms with Gasteiger partial charge < -0.3 is 25.2 Å². The van der Waals surface area contributed by atoms with Crippen molar-refractivity contribution in [3.05, 3.63) is 72.9 Å². The molecule has 64 heavy (non-hydrogen) atoms. The summed E-state index contributed by atoms with van der Waals surface area (Å²) in [7, 11) is -4.77. The van der Waals surface area contributed by atoms with Crippen molar-refractivity contribution in [3.8, 4) is 0 Å². The minimum absolute atomic E-state index is 0.136. The van der Waals surface area contributed by atoms with E-state index in [0.29, 0.717) is 12.8 Å². The molecule has 0 bridgehead atoms. The molecule has 0 heterocycles. The Morgan fingerprint density at radius 2 is 0.859 bits per heavy atom. The van der Waals surface area contributed by atoms with E-state index in [2.05, 4.69) is 92.1 Å². The Hall–Kier alpha value is -3.08. The first-order valence-corrected chi connectivity index (χ1v) is 26.5. The number of rotatable bonds is 46. The van der Waals surface area contributed by atoms with Gasteiger partial charge >= 0.3 is 19.8 Å². The molecule has 0 aliphatic heterocycles. The number of nitrogens with one attached hydrogen (secondary N) is 1. The van der Waals surface area contributed by atoms with E-state index in [1.54, 1.807) is 0 Å². The van der Waals surface area contributed by atoms with Gasteiger partial charge in [-0.2, -0.15) is 0 Å². The molecule has 0 aliphatic carbocycles. The summed E-state index contributed by atoms with van der Waals surface area (Å²) < 4.78 is 26.9. The fourth-order valence-electron chi connectivity index (χ4n) is 6.56. The molecule has 0 aliphatic rings. The van der Waals surface area contributed by atoms with E-state index in [0.717, 1.165) is 89.9 Å². The molecule has 1 amide bonds. The lowest BCUT2D eigenvalue weighted by atomic mass is 10.1. The Kier molecular flexibility index (Phi) is 44.2. The number of amides is 1. The Balaban J connectivity index is 3.90. The lowest BCUT2D eigenvalue weighted by molar-refractivity contribution is -0.147. The number of aliphatic hydroxyl groups excluding tert-OH is 1. The summed E-state index contributed by atoms with van der Waals surface area (Å²) in [6.07, 6.45) is 56.3. The van der Waals surface area contributed by atoms with E-state index in [1.165, 1.54) is 77.0 Å². The maximum Gasteiger partial charge on any atom is 0.472 e. The SMILES string of the molecule is CCCCC/C=C\C/C=C\C/C=C\C/C=C\CCCCCCCC(=O)OCC(O)COP(=O)(O)OCC(NC(=O)CCCCCCCCCCC/C=C\C/C=C\CCCCC)C(=O)O. The van der Waals surface area contributed by atoms with Crippen molar-refractivity contribution in [1.82, 2.24) is 5.32 Å². The first kappa shape index (κ1) is 60.9. The molecular formula is C52H90NO10P. The van der Waals surface area contributed by atoms with Crippen LogP contribution in [0.2, 0.25) is 0 Å². The zero-order valence-electron chi connectivity index (χ0n) is 40.1. The van der Waals surface area contributed by atoms with Gasteiger partial charge in [-0.25, -0.2) is 9.36 Å². The number of ether oxygens (including phenoxy) is 1. The van der Waals surface area contributed by atoms with Crippen molar-refractivity contribution >= 4 is 25.7 Å². The normalized spacial score (nSPS) is 14.2. The van der Waals surface area contributed by atoms with Crippen molar-refractivity contribution in [1.29, 1.82) is 0 Å². The van der Waals surface area contributed by atoms with Crippen LogP contribution in [-0.4, -0.2) is 64.9 Å². The molecule has 12 heteroatoms. The number of aliphatic hydroxyl groups is 1. The maximum atomic E-state index is 12.4. The molecular weight excluding hydrogens is 830 g/mol. The molecule has 3 atom stereocenters. The van der Waals surface area contributed by atoms with Gasteiger partial charge in [0.05, 0.1) is 13.2 Å². The van der Waals surface area contributed by atoms with Gasteiger partial charge in [0.25, 0.3) is 0 Å². The highest BCUT2D eigenvalue weighted by atomic mass is 31.2. The highest BCUT2D eigenvalue weighted by molar-refractivity contribution is 7.47. The number of carboxylic acid groups (broad SMARTS) is 1. The van der Waals surface area contributed by atoms with Gasteiger partial charge in [0.2, 0.25) is 5.91 Å². The van der Waals surface area contributed by atoms with Gasteiger partial charge in [-0.3, -0.25) is 18.6 Å². The number of carboxylic acids is 1. The monoisotopic (exact) mass is 920 g/mol. The second-order valence-electron chi connectivity index (χ2n) is 16.6. The third kappa shape index (κ3) is 45.5. The van der Waals surface area contributed by atoms with Gasteiger partial charge in [-0.05, 0) is 89.9 Å². The van der Waals surface area contributed by atoms with Gasteiger partial charge in [-0.1, -0.05) is 177 Å². The lowest BCUT2D eigenvalue weighted by Gasteiger charge is -2.18. The van der Waals surface area contributed by atoms with Crippen molar-refractivity contribution < 1.29 is 47.8 Å². The molecule has 0 rings (SSSR count). The summed E-state index contributed by atoms with van der Waals surface area (Å²) in [4.78, 5) is 46.1. The molecule has 0 saturated heterocycles. The van der Waals surface area contributed by atoms with Crippen LogP contribution >= 0.6 is 7.82 Å². The molecule has 0 aromatic heterocycles. The van der Waals surface area contributed by atoms with Crippen molar-refractivity contribution in [2.24, 2.45) is 0 Å². The minimum Gasteiger partial charge on any atom is -0.480 e. The van der Waals surface area contributed by atoms with Crippen LogP contribution in [0.3, 0.4) is 0 Å². The predicted molar refractivity (Wildman–Crippen MR) is 263 cm³/mol. The smallest absolute Gasteiger partial charge is 0.472 e. The van der Waals surface area contributed by atoms with E-state index in [-0.39, 0.29) is 12.8 Å². The second kappa shape index (κ2) is 46.4. The number of carbonyl (C=O) groups excluding carboxylic acids is 2. The second-order valence-corrected chi connectivity index (χ2v) is 18.1. The largest absolute Gasteiger partial charge is 0.480 e. The standard InChI is InChI=1S/C52H90NO10P/c1-3-5-7-9-11-13-15-17-19-21-23-24-26-28-30-32-34-36-38-40-42-44-51(56)61-45-48(54)46-62-64(59,60)63-47-49(52(57)58)53-50(55)43-41-39-37-35-33-31-29-27-25-22-20-18-16-14-12-10-8-6-4-2/h11-14,17-20,23-24,28,30,48-49,54H,3-10,15-16,21-22,25-27,29,31-47H2,1-2H3,(H,53,55)(H,57,58)(H,59,60)/b13-11-,14-12-,19-17-,20-18-,24-23-,30-28-. The third-order valence-electron chi connectivity index (χ3n) is 10.5. The lowest BCUT2D eigenvalue weighted by Crippen LogP contribution is -2.43. The van der Waals surface area contributed by atoms with E-state index in [4.69, 9.17) is 13.8 Å². The number of esters is 1. The number of phosphoric acid groups is 1. The van der Waals surface area contributed by atoms with Crippen LogP contribution in [0.15, 0.2) is 72.9 Å². The van der Waals surface area contributed by atoms with E-state index in [1.807, 2.05) is 0 Å². The number of carbonyl (C=O) groups is 3. The summed E-state index contributed by atoms with van der Waals surface area (Å²) in [5, 5.41) is 21.9. The number of aliphatic carboxylic acids is 1. The van der Waals surface area contributed by atoms with Crippen LogP contribution in [0.1, 0.15) is 206 Å². The van der Waals surface area contributed by atoms with Gasteiger partial charge in [0.15, 0.2) is 6.04 Å². The molecule has 0 spiro atoms. The first-order valence-electron chi connectivity index (χ1n) is 25.0. The number of hydrogen-bond acceptors (Lipinski definition) is 8. The fraction of sp³-hybridized carbons (Fsp3) is 0.712. The van der Waals surface area contributed by atoms with E-state index >= 15 is 0 Å². The van der Waals surface area contributed by atoms with Crippen LogP contribution in [0.5, 0.6) is 0 Å². The number of phosphoric ester groups is 1. The summed E-state index contributed by atoms with van der Waals surface area (Å²) in [6.45, 7) is 2.53. The maximum absolute atomic E-state index is 12.4. The van der Waals surface area contributed by atoms with Gasteiger partial charge in [0.1, 0.15) is 12.7 Å². The minimum atomic E-state index is -4.77. The molecule has 0 fully saturated rings. The van der Waals surface area contributed by atoms with E-state index < -0.39 is 57.6 Å². The van der Waals surface area contributed by atoms with E-state index in [9.17, 15) is 34.1 Å². The Bertz CT molecular complexity index is 1360. The predicted octanol–water partition coefficient (Wildman–Crippen LogP) is 13.7. The fourth-order valence-corrected chi connectivity index (χ4v) is 7.34. The summed E-state index contributed by atoms with van der Waals surface area (Å²) >= 11 is 0. The molecule has 0 aromatic carbocycles. The molecule has 0 radical (unpaired) electrons. The van der Waals surface area contributed by atoms with Crippen molar-refractivity contribution in [2.45, 2.75) is 219 Å². The molecule has 368 valence electrons. The van der Waals surface area contributed by atoms with Crippen molar-refractivity contribution in [2.75, 3.05) is 19.8 Å². The summed E-state index contributed by atoms with van der Waals surface area (Å²) in [5.74, 6) is -2.40. The quantitative estimate of drug-likeness (QED) is 0.0200. The highest BCUT2D eigenvalue weighted by Gasteiger charge is 2.28. The average molecular weight is 920 g/mol. The average Bonchev–Trinajstić information content (AvgIpc) is 3.27. The Morgan fingerprint density at radius 1 is 0.500 bits per heavy atom.